The van der Waals surface area contributed by atoms with Crippen LogP contribution in [0.25, 0.3) is 6.08 Å². The molecule has 0 fully saturated rings. The maximum Gasteiger partial charge on any atom is 0.335 e. The van der Waals surface area contributed by atoms with E-state index in [1.165, 1.54) is 7.11 Å². The van der Waals surface area contributed by atoms with E-state index >= 15 is 0 Å². The van der Waals surface area contributed by atoms with E-state index < -0.39 is 5.97 Å². The van der Waals surface area contributed by atoms with Crippen molar-refractivity contribution in [3.05, 3.63) is 118 Å². The minimum absolute atomic E-state index is 0.122. The lowest BCUT2D eigenvalue weighted by atomic mass is 10.1. The van der Waals surface area contributed by atoms with E-state index in [9.17, 15) is 4.79 Å². The van der Waals surface area contributed by atoms with E-state index in [1.54, 1.807) is 16.8 Å². The summed E-state index contributed by atoms with van der Waals surface area (Å²) in [5, 5.41) is 16.5. The lowest BCUT2D eigenvalue weighted by Gasteiger charge is -2.19. The van der Waals surface area contributed by atoms with Gasteiger partial charge in [-0.2, -0.15) is 0 Å². The number of benzene rings is 3. The second-order valence-electron chi connectivity index (χ2n) is 7.59. The Balaban J connectivity index is 1.67. The van der Waals surface area contributed by atoms with Gasteiger partial charge in [-0.15, -0.1) is 5.10 Å². The molecule has 0 aliphatic carbocycles. The number of hydrogen-bond donors (Lipinski definition) is 1. The van der Waals surface area contributed by atoms with Crippen LogP contribution >= 0.6 is 11.6 Å². The van der Waals surface area contributed by atoms with E-state index in [4.69, 9.17) is 16.3 Å². The standard InChI is InChI=1S/C26H24ClN5O2/c1-34-26(33)22(16-21-14-8-9-15-23(21)27)18-32-25(29-30-31-32)24(20-12-6-3-7-13-20)28-17-19-10-4-2-5-11-19/h2-16,24,28H,17-18H2,1H3/b22-16+. The molecule has 4 aromatic rings. The summed E-state index contributed by atoms with van der Waals surface area (Å²) >= 11 is 6.31. The Kier molecular flexibility index (Phi) is 7.80. The van der Waals surface area contributed by atoms with Crippen LogP contribution < -0.4 is 5.32 Å². The Morgan fingerprint density at radius 2 is 1.71 bits per heavy atom. The summed E-state index contributed by atoms with van der Waals surface area (Å²) in [4.78, 5) is 12.6. The first-order valence-corrected chi connectivity index (χ1v) is 11.1. The highest BCUT2D eigenvalue weighted by Gasteiger charge is 2.23. The first-order chi connectivity index (χ1) is 16.7. The maximum atomic E-state index is 12.6. The average molecular weight is 474 g/mol. The zero-order chi connectivity index (χ0) is 23.8. The van der Waals surface area contributed by atoms with Crippen molar-refractivity contribution in [2.45, 2.75) is 19.1 Å². The van der Waals surface area contributed by atoms with Gasteiger partial charge in [0, 0.05) is 11.6 Å². The summed E-state index contributed by atoms with van der Waals surface area (Å²) in [5.74, 6) is 0.103. The van der Waals surface area contributed by atoms with Gasteiger partial charge >= 0.3 is 5.97 Å². The third-order valence-electron chi connectivity index (χ3n) is 5.31. The molecular formula is C26H24ClN5O2. The van der Waals surface area contributed by atoms with Gasteiger partial charge in [-0.3, -0.25) is 5.32 Å². The molecule has 4 rings (SSSR count). The van der Waals surface area contributed by atoms with Crippen LogP contribution in [0, 0.1) is 0 Å². The molecule has 34 heavy (non-hydrogen) atoms. The van der Waals surface area contributed by atoms with Crippen LogP contribution in [-0.4, -0.2) is 33.3 Å². The number of nitrogens with zero attached hydrogens (tertiary/aromatic N) is 4. The topological polar surface area (TPSA) is 81.9 Å². The number of hydrogen-bond acceptors (Lipinski definition) is 6. The molecular weight excluding hydrogens is 450 g/mol. The molecule has 0 aliphatic heterocycles. The fourth-order valence-electron chi connectivity index (χ4n) is 3.59. The van der Waals surface area contributed by atoms with Crippen molar-refractivity contribution < 1.29 is 9.53 Å². The van der Waals surface area contributed by atoms with Crippen LogP contribution in [0.1, 0.15) is 28.6 Å². The molecule has 7 nitrogen and oxygen atoms in total. The van der Waals surface area contributed by atoms with Crippen molar-refractivity contribution >= 4 is 23.6 Å². The Labute approximate surface area is 203 Å². The molecule has 0 saturated carbocycles. The number of rotatable bonds is 9. The lowest BCUT2D eigenvalue weighted by molar-refractivity contribution is -0.136. The molecule has 0 saturated heterocycles. The Morgan fingerprint density at radius 3 is 2.41 bits per heavy atom. The molecule has 3 aromatic carbocycles. The summed E-state index contributed by atoms with van der Waals surface area (Å²) in [6.07, 6.45) is 1.70. The quantitative estimate of drug-likeness (QED) is 0.285. The van der Waals surface area contributed by atoms with Gasteiger partial charge in [0.1, 0.15) is 0 Å². The molecule has 1 atom stereocenters. The summed E-state index contributed by atoms with van der Waals surface area (Å²) < 4.78 is 6.62. The monoisotopic (exact) mass is 473 g/mol. The first-order valence-electron chi connectivity index (χ1n) is 10.8. The molecule has 0 aliphatic rings. The van der Waals surface area contributed by atoms with Gasteiger partial charge in [0.15, 0.2) is 5.82 Å². The summed E-state index contributed by atoms with van der Waals surface area (Å²) in [5.41, 5.74) is 3.22. The lowest BCUT2D eigenvalue weighted by Crippen LogP contribution is -2.26. The maximum absolute atomic E-state index is 12.6. The SMILES string of the molecule is COC(=O)/C(=C/c1ccccc1Cl)Cn1nnnc1C(NCc1ccccc1)c1ccccc1. The third kappa shape index (κ3) is 5.75. The van der Waals surface area contributed by atoms with Gasteiger partial charge in [-0.25, -0.2) is 9.48 Å². The summed E-state index contributed by atoms with van der Waals surface area (Å²) in [7, 11) is 1.34. The van der Waals surface area contributed by atoms with E-state index in [0.29, 0.717) is 28.5 Å². The molecule has 1 heterocycles. The number of aromatic nitrogens is 4. The van der Waals surface area contributed by atoms with Gasteiger partial charge in [0.25, 0.3) is 0 Å². The first kappa shape index (κ1) is 23.4. The van der Waals surface area contributed by atoms with Crippen LogP contribution in [0.15, 0.2) is 90.5 Å². The van der Waals surface area contributed by atoms with Gasteiger partial charge in [0.2, 0.25) is 0 Å². The minimum atomic E-state index is -0.477. The number of halogens is 1. The van der Waals surface area contributed by atoms with E-state index in [0.717, 1.165) is 11.1 Å². The predicted octanol–water partition coefficient (Wildman–Crippen LogP) is 4.46. The number of methoxy groups -OCH3 is 1. The molecule has 1 aromatic heterocycles. The van der Waals surface area contributed by atoms with E-state index in [2.05, 4.69) is 33.0 Å². The van der Waals surface area contributed by atoms with Crippen molar-refractivity contribution in [2.75, 3.05) is 7.11 Å². The second-order valence-corrected chi connectivity index (χ2v) is 7.99. The number of esters is 1. The van der Waals surface area contributed by atoms with Crippen molar-refractivity contribution in [2.24, 2.45) is 0 Å². The molecule has 172 valence electrons. The van der Waals surface area contributed by atoms with E-state index in [1.807, 2.05) is 66.7 Å². The Morgan fingerprint density at radius 1 is 1.03 bits per heavy atom. The molecule has 8 heteroatoms. The van der Waals surface area contributed by atoms with Crippen molar-refractivity contribution in [1.29, 1.82) is 0 Å². The largest absolute Gasteiger partial charge is 0.466 e. The number of nitrogens with one attached hydrogen (secondary N) is 1. The Hall–Kier alpha value is -3.81. The molecule has 0 radical (unpaired) electrons. The van der Waals surface area contributed by atoms with Gasteiger partial charge in [0.05, 0.1) is 25.3 Å². The smallest absolute Gasteiger partial charge is 0.335 e. The van der Waals surface area contributed by atoms with Crippen molar-refractivity contribution in [3.8, 4) is 0 Å². The van der Waals surface area contributed by atoms with Crippen molar-refractivity contribution in [3.63, 3.8) is 0 Å². The van der Waals surface area contributed by atoms with Crippen molar-refractivity contribution in [1.82, 2.24) is 25.5 Å². The predicted molar refractivity (Wildman–Crippen MR) is 131 cm³/mol. The number of ether oxygens (including phenoxy) is 1. The Bertz CT molecular complexity index is 1260. The molecule has 0 amide bonds. The molecule has 0 spiro atoms. The molecule has 1 N–H and O–H groups in total. The molecule has 0 bridgehead atoms. The fourth-order valence-corrected chi connectivity index (χ4v) is 3.78. The zero-order valence-corrected chi connectivity index (χ0v) is 19.4. The average Bonchev–Trinajstić information content (AvgIpc) is 3.33. The number of carbonyl (C=O) groups excluding carboxylic acids is 1. The van der Waals surface area contributed by atoms with Crippen LogP contribution in [0.5, 0.6) is 0 Å². The minimum Gasteiger partial charge on any atom is -0.466 e. The number of carbonyl (C=O) groups is 1. The third-order valence-corrected chi connectivity index (χ3v) is 5.65. The van der Waals surface area contributed by atoms with Gasteiger partial charge in [-0.1, -0.05) is 90.5 Å². The van der Waals surface area contributed by atoms with Crippen LogP contribution in [0.3, 0.4) is 0 Å². The van der Waals surface area contributed by atoms with Crippen LogP contribution in [0.2, 0.25) is 5.02 Å². The van der Waals surface area contributed by atoms with Gasteiger partial charge in [-0.05, 0) is 39.3 Å². The fraction of sp³-hybridized carbons (Fsp3) is 0.154. The summed E-state index contributed by atoms with van der Waals surface area (Å²) in [6.45, 7) is 0.739. The summed E-state index contributed by atoms with van der Waals surface area (Å²) in [6, 6.07) is 27.0. The second kappa shape index (κ2) is 11.4. The van der Waals surface area contributed by atoms with Crippen LogP contribution in [-0.2, 0) is 22.6 Å². The highest BCUT2D eigenvalue weighted by molar-refractivity contribution is 6.32. The molecule has 1 unspecified atom stereocenters. The highest BCUT2D eigenvalue weighted by Crippen LogP contribution is 2.23. The normalized spacial score (nSPS) is 12.4. The van der Waals surface area contributed by atoms with Crippen LogP contribution in [0.4, 0.5) is 0 Å². The van der Waals surface area contributed by atoms with E-state index in [-0.39, 0.29) is 12.6 Å². The highest BCUT2D eigenvalue weighted by atomic mass is 35.5. The van der Waals surface area contributed by atoms with Gasteiger partial charge < -0.3 is 4.74 Å². The zero-order valence-electron chi connectivity index (χ0n) is 18.6. The number of tetrazole rings is 1.